The van der Waals surface area contributed by atoms with Gasteiger partial charge in [0, 0.05) is 5.41 Å². The number of carboxylic acids is 1. The number of hydrogen-bond donors (Lipinski definition) is 1. The van der Waals surface area contributed by atoms with Gasteiger partial charge in [-0.3, -0.25) is 4.79 Å². The van der Waals surface area contributed by atoms with Crippen molar-refractivity contribution in [2.75, 3.05) is 13.2 Å². The van der Waals surface area contributed by atoms with Crippen molar-refractivity contribution in [3.05, 3.63) is 22.7 Å². The Kier molecular flexibility index (Phi) is 3.28. The van der Waals surface area contributed by atoms with Gasteiger partial charge in [-0.1, -0.05) is 18.5 Å². The van der Waals surface area contributed by atoms with Gasteiger partial charge in [0.2, 0.25) is 0 Å². The standard InChI is InChI=1S/C15H17ClO4/c1-9(14(17)18)4-10-5-11(16)13-12(6-10)19-7-15(2-3-15)8-20-13/h5-6,9H,2-4,7-8H2,1H3,(H,17,18). The van der Waals surface area contributed by atoms with Crippen molar-refractivity contribution in [1.82, 2.24) is 0 Å². The third-order valence-electron chi connectivity index (χ3n) is 4.05. The minimum atomic E-state index is -0.815. The van der Waals surface area contributed by atoms with Gasteiger partial charge in [0.25, 0.3) is 0 Å². The lowest BCUT2D eigenvalue weighted by Gasteiger charge is -2.12. The molecule has 0 aromatic heterocycles. The molecule has 1 aliphatic carbocycles. The van der Waals surface area contributed by atoms with Gasteiger partial charge < -0.3 is 14.6 Å². The maximum atomic E-state index is 10.9. The van der Waals surface area contributed by atoms with Gasteiger partial charge in [-0.25, -0.2) is 0 Å². The summed E-state index contributed by atoms with van der Waals surface area (Å²) >= 11 is 6.24. The normalized spacial score (nSPS) is 20.3. The van der Waals surface area contributed by atoms with Crippen LogP contribution in [0.4, 0.5) is 0 Å². The Bertz CT molecular complexity index is 551. The van der Waals surface area contributed by atoms with Crippen LogP contribution in [-0.4, -0.2) is 24.3 Å². The molecule has 0 amide bonds. The first kappa shape index (κ1) is 13.6. The molecule has 2 aliphatic rings. The van der Waals surface area contributed by atoms with Crippen LogP contribution in [0.5, 0.6) is 11.5 Å². The molecule has 0 radical (unpaired) electrons. The van der Waals surface area contributed by atoms with Crippen molar-refractivity contribution in [3.63, 3.8) is 0 Å². The summed E-state index contributed by atoms with van der Waals surface area (Å²) in [7, 11) is 0. The highest BCUT2D eigenvalue weighted by atomic mass is 35.5. The molecular weight excluding hydrogens is 280 g/mol. The van der Waals surface area contributed by atoms with Crippen LogP contribution in [0, 0.1) is 11.3 Å². The van der Waals surface area contributed by atoms with Crippen molar-refractivity contribution >= 4 is 17.6 Å². The molecule has 1 aliphatic heterocycles. The molecule has 1 fully saturated rings. The van der Waals surface area contributed by atoms with Crippen LogP contribution in [0.25, 0.3) is 0 Å². The minimum Gasteiger partial charge on any atom is -0.489 e. The van der Waals surface area contributed by atoms with E-state index < -0.39 is 11.9 Å². The van der Waals surface area contributed by atoms with Crippen LogP contribution in [0.15, 0.2) is 12.1 Å². The molecule has 0 saturated heterocycles. The third-order valence-corrected chi connectivity index (χ3v) is 4.33. The summed E-state index contributed by atoms with van der Waals surface area (Å²) in [6, 6.07) is 3.62. The summed E-state index contributed by atoms with van der Waals surface area (Å²) in [6.07, 6.45) is 2.68. The minimum absolute atomic E-state index is 0.164. The number of halogens is 1. The van der Waals surface area contributed by atoms with E-state index in [1.807, 2.05) is 6.07 Å². The number of aliphatic carboxylic acids is 1. The fraction of sp³-hybridized carbons (Fsp3) is 0.533. The first-order valence-corrected chi connectivity index (χ1v) is 7.18. The molecule has 1 heterocycles. The van der Waals surface area contributed by atoms with Gasteiger partial charge in [-0.15, -0.1) is 0 Å². The summed E-state index contributed by atoms with van der Waals surface area (Å²) < 4.78 is 11.6. The van der Waals surface area contributed by atoms with Crippen LogP contribution in [-0.2, 0) is 11.2 Å². The topological polar surface area (TPSA) is 55.8 Å². The first-order chi connectivity index (χ1) is 9.49. The highest BCUT2D eigenvalue weighted by molar-refractivity contribution is 6.32. The highest BCUT2D eigenvalue weighted by Crippen LogP contribution is 2.50. The van der Waals surface area contributed by atoms with Crippen molar-refractivity contribution in [2.24, 2.45) is 11.3 Å². The largest absolute Gasteiger partial charge is 0.489 e. The van der Waals surface area contributed by atoms with Crippen molar-refractivity contribution in [1.29, 1.82) is 0 Å². The molecule has 5 heteroatoms. The Morgan fingerprint density at radius 2 is 2.10 bits per heavy atom. The Hall–Kier alpha value is -1.42. The first-order valence-electron chi connectivity index (χ1n) is 6.80. The molecule has 4 nitrogen and oxygen atoms in total. The second-order valence-corrected chi connectivity index (χ2v) is 6.33. The van der Waals surface area contributed by atoms with E-state index in [1.54, 1.807) is 13.0 Å². The second-order valence-electron chi connectivity index (χ2n) is 5.93. The fourth-order valence-electron chi connectivity index (χ4n) is 2.39. The molecule has 3 rings (SSSR count). The lowest BCUT2D eigenvalue weighted by Crippen LogP contribution is -2.17. The number of hydrogen-bond acceptors (Lipinski definition) is 3. The summed E-state index contributed by atoms with van der Waals surface area (Å²) in [5, 5.41) is 9.48. The van der Waals surface area contributed by atoms with Gasteiger partial charge in [-0.2, -0.15) is 0 Å². The molecule has 1 N–H and O–H groups in total. The molecular formula is C15H17ClO4. The molecule has 1 aromatic rings. The number of carbonyl (C=O) groups is 1. The van der Waals surface area contributed by atoms with E-state index in [0.717, 1.165) is 18.4 Å². The average Bonchev–Trinajstić information content (AvgIpc) is 3.17. The molecule has 1 spiro atoms. The Morgan fingerprint density at radius 3 is 2.75 bits per heavy atom. The molecule has 1 aromatic carbocycles. The number of carboxylic acid groups (broad SMARTS) is 1. The van der Waals surface area contributed by atoms with Crippen LogP contribution in [0.2, 0.25) is 5.02 Å². The Balaban J connectivity index is 1.84. The van der Waals surface area contributed by atoms with Gasteiger partial charge in [0.15, 0.2) is 11.5 Å². The van der Waals surface area contributed by atoms with Crippen LogP contribution < -0.4 is 9.47 Å². The number of fused-ring (bicyclic) bond motifs is 1. The Morgan fingerprint density at radius 1 is 1.40 bits per heavy atom. The fourth-order valence-corrected chi connectivity index (χ4v) is 2.68. The molecule has 1 unspecified atom stereocenters. The maximum absolute atomic E-state index is 10.9. The SMILES string of the molecule is CC(Cc1cc(Cl)c2c(c1)OCC1(CC1)CO2)C(=O)O. The number of benzene rings is 1. The zero-order valence-electron chi connectivity index (χ0n) is 11.3. The van der Waals surface area contributed by atoms with E-state index in [-0.39, 0.29) is 5.41 Å². The molecule has 1 atom stereocenters. The van der Waals surface area contributed by atoms with Crippen LogP contribution in [0.3, 0.4) is 0 Å². The van der Waals surface area contributed by atoms with Gasteiger partial charge in [0.05, 0.1) is 24.2 Å². The number of ether oxygens (including phenoxy) is 2. The van der Waals surface area contributed by atoms with E-state index >= 15 is 0 Å². The van der Waals surface area contributed by atoms with Crippen LogP contribution in [0.1, 0.15) is 25.3 Å². The smallest absolute Gasteiger partial charge is 0.306 e. The van der Waals surface area contributed by atoms with E-state index in [1.165, 1.54) is 0 Å². The zero-order chi connectivity index (χ0) is 14.3. The molecule has 0 bridgehead atoms. The van der Waals surface area contributed by atoms with Gasteiger partial charge >= 0.3 is 5.97 Å². The molecule has 1 saturated carbocycles. The van der Waals surface area contributed by atoms with E-state index in [0.29, 0.717) is 36.2 Å². The van der Waals surface area contributed by atoms with Gasteiger partial charge in [-0.05, 0) is 37.0 Å². The summed E-state index contributed by atoms with van der Waals surface area (Å²) in [6.45, 7) is 2.97. The number of rotatable bonds is 3. The molecule has 108 valence electrons. The third kappa shape index (κ3) is 2.57. The second kappa shape index (κ2) is 4.85. The van der Waals surface area contributed by atoms with E-state index in [9.17, 15) is 4.79 Å². The summed E-state index contributed by atoms with van der Waals surface area (Å²) in [5.74, 6) is -0.0493. The predicted octanol–water partition coefficient (Wildman–Crippen LogP) is 3.15. The van der Waals surface area contributed by atoms with Crippen molar-refractivity contribution < 1.29 is 19.4 Å². The lowest BCUT2D eigenvalue weighted by atomic mass is 10.0. The Labute approximate surface area is 122 Å². The van der Waals surface area contributed by atoms with Crippen molar-refractivity contribution in [2.45, 2.75) is 26.2 Å². The van der Waals surface area contributed by atoms with Crippen molar-refractivity contribution in [3.8, 4) is 11.5 Å². The van der Waals surface area contributed by atoms with Crippen LogP contribution >= 0.6 is 11.6 Å². The summed E-state index contributed by atoms with van der Waals surface area (Å²) in [5.41, 5.74) is 1.02. The quantitative estimate of drug-likeness (QED) is 0.931. The monoisotopic (exact) mass is 296 g/mol. The summed E-state index contributed by atoms with van der Waals surface area (Å²) in [4.78, 5) is 10.9. The zero-order valence-corrected chi connectivity index (χ0v) is 12.1. The average molecular weight is 297 g/mol. The highest BCUT2D eigenvalue weighted by Gasteiger charge is 2.46. The van der Waals surface area contributed by atoms with E-state index in [2.05, 4.69) is 0 Å². The maximum Gasteiger partial charge on any atom is 0.306 e. The van der Waals surface area contributed by atoms with E-state index in [4.69, 9.17) is 26.2 Å². The lowest BCUT2D eigenvalue weighted by molar-refractivity contribution is -0.141. The van der Waals surface area contributed by atoms with Gasteiger partial charge in [0.1, 0.15) is 0 Å². The predicted molar refractivity (Wildman–Crippen MR) is 74.6 cm³/mol. The molecule has 20 heavy (non-hydrogen) atoms.